The van der Waals surface area contributed by atoms with Gasteiger partial charge in [0.1, 0.15) is 0 Å². The first-order valence-electron chi connectivity index (χ1n) is 9.04. The standard InChI is InChI=1S/C20H27N3OS/c1-15-5-3-4-6-18(15)13-23-10-9-17(12-23)11-21-20(24)8-7-19-16(2)22-14-25-19/h3-6,14,17H,7-13H2,1-2H3,(H,21,24)/t17-/m0/s1. The highest BCUT2D eigenvalue weighted by Gasteiger charge is 2.23. The van der Waals surface area contributed by atoms with E-state index < -0.39 is 0 Å². The van der Waals surface area contributed by atoms with E-state index in [2.05, 4.69) is 46.4 Å². The van der Waals surface area contributed by atoms with Gasteiger partial charge in [-0.15, -0.1) is 11.3 Å². The monoisotopic (exact) mass is 357 g/mol. The number of aromatic nitrogens is 1. The first-order valence-corrected chi connectivity index (χ1v) is 9.92. The normalized spacial score (nSPS) is 17.8. The number of hydrogen-bond donors (Lipinski definition) is 1. The van der Waals surface area contributed by atoms with Gasteiger partial charge >= 0.3 is 0 Å². The fourth-order valence-corrected chi connectivity index (χ4v) is 4.17. The zero-order chi connectivity index (χ0) is 17.6. The van der Waals surface area contributed by atoms with E-state index in [4.69, 9.17) is 0 Å². The predicted octanol–water partition coefficient (Wildman–Crippen LogP) is 3.33. The van der Waals surface area contributed by atoms with Crippen LogP contribution < -0.4 is 5.32 Å². The van der Waals surface area contributed by atoms with Crippen molar-refractivity contribution < 1.29 is 4.79 Å². The molecular weight excluding hydrogens is 330 g/mol. The Morgan fingerprint density at radius 3 is 2.96 bits per heavy atom. The van der Waals surface area contributed by atoms with E-state index in [1.807, 2.05) is 12.4 Å². The number of carbonyl (C=O) groups excluding carboxylic acids is 1. The lowest BCUT2D eigenvalue weighted by atomic mass is 10.1. The average molecular weight is 358 g/mol. The first-order chi connectivity index (χ1) is 12.1. The van der Waals surface area contributed by atoms with Gasteiger partial charge in [0.2, 0.25) is 5.91 Å². The molecule has 1 N–H and O–H groups in total. The summed E-state index contributed by atoms with van der Waals surface area (Å²) in [4.78, 5) is 20.0. The Hall–Kier alpha value is -1.72. The average Bonchev–Trinajstić information content (AvgIpc) is 3.22. The molecule has 0 spiro atoms. The molecule has 0 unspecified atom stereocenters. The lowest BCUT2D eigenvalue weighted by Crippen LogP contribution is -2.31. The molecule has 0 radical (unpaired) electrons. The zero-order valence-electron chi connectivity index (χ0n) is 15.1. The Labute approximate surface area is 154 Å². The van der Waals surface area contributed by atoms with Crippen molar-refractivity contribution in [2.75, 3.05) is 19.6 Å². The van der Waals surface area contributed by atoms with Gasteiger partial charge < -0.3 is 5.32 Å². The summed E-state index contributed by atoms with van der Waals surface area (Å²) in [6, 6.07) is 8.59. The lowest BCUT2D eigenvalue weighted by molar-refractivity contribution is -0.121. The van der Waals surface area contributed by atoms with Gasteiger partial charge in [-0.1, -0.05) is 24.3 Å². The Morgan fingerprint density at radius 1 is 1.36 bits per heavy atom. The van der Waals surface area contributed by atoms with Gasteiger partial charge in [-0.2, -0.15) is 0 Å². The quantitative estimate of drug-likeness (QED) is 0.827. The number of carbonyl (C=O) groups is 1. The van der Waals surface area contributed by atoms with Crippen molar-refractivity contribution in [3.05, 3.63) is 51.5 Å². The van der Waals surface area contributed by atoms with Gasteiger partial charge in [-0.25, -0.2) is 4.98 Å². The van der Waals surface area contributed by atoms with E-state index in [9.17, 15) is 4.79 Å². The molecule has 134 valence electrons. The zero-order valence-corrected chi connectivity index (χ0v) is 15.9. The SMILES string of the molecule is Cc1ccccc1CN1CC[C@@H](CNC(=O)CCc2scnc2C)C1. The molecule has 2 aromatic rings. The molecule has 5 heteroatoms. The van der Waals surface area contributed by atoms with E-state index in [1.54, 1.807) is 11.3 Å². The van der Waals surface area contributed by atoms with E-state index in [1.165, 1.54) is 22.4 Å². The van der Waals surface area contributed by atoms with E-state index >= 15 is 0 Å². The molecule has 1 atom stereocenters. The highest BCUT2D eigenvalue weighted by atomic mass is 32.1. The Kier molecular flexibility index (Phi) is 6.21. The van der Waals surface area contributed by atoms with Crippen molar-refractivity contribution in [3.8, 4) is 0 Å². The Morgan fingerprint density at radius 2 is 2.20 bits per heavy atom. The molecule has 0 bridgehead atoms. The number of nitrogens with zero attached hydrogens (tertiary/aromatic N) is 2. The summed E-state index contributed by atoms with van der Waals surface area (Å²) in [5.74, 6) is 0.725. The first kappa shape index (κ1) is 18.1. The molecule has 1 fully saturated rings. The minimum absolute atomic E-state index is 0.158. The second kappa shape index (κ2) is 8.59. The third-order valence-electron chi connectivity index (χ3n) is 5.04. The molecule has 0 saturated carbocycles. The maximum atomic E-state index is 12.1. The summed E-state index contributed by atoms with van der Waals surface area (Å²) < 4.78 is 0. The fourth-order valence-electron chi connectivity index (χ4n) is 3.39. The molecule has 1 aromatic heterocycles. The summed E-state index contributed by atoms with van der Waals surface area (Å²) in [7, 11) is 0. The van der Waals surface area contributed by atoms with Crippen LogP contribution in [0.4, 0.5) is 0 Å². The number of hydrogen-bond acceptors (Lipinski definition) is 4. The van der Waals surface area contributed by atoms with Crippen LogP contribution in [0.1, 0.15) is 34.5 Å². The molecular formula is C20H27N3OS. The fraction of sp³-hybridized carbons (Fsp3) is 0.500. The van der Waals surface area contributed by atoms with Gasteiger partial charge in [-0.05, 0) is 50.3 Å². The molecule has 4 nitrogen and oxygen atoms in total. The van der Waals surface area contributed by atoms with Crippen molar-refractivity contribution in [2.24, 2.45) is 5.92 Å². The van der Waals surface area contributed by atoms with Crippen molar-refractivity contribution in [1.82, 2.24) is 15.2 Å². The second-order valence-electron chi connectivity index (χ2n) is 6.98. The van der Waals surface area contributed by atoms with Gasteiger partial charge in [0.15, 0.2) is 0 Å². The number of amides is 1. The van der Waals surface area contributed by atoms with Crippen LogP contribution in [0, 0.1) is 19.8 Å². The van der Waals surface area contributed by atoms with E-state index in [0.29, 0.717) is 12.3 Å². The number of benzene rings is 1. The Bertz CT molecular complexity index is 712. The molecule has 3 rings (SSSR count). The van der Waals surface area contributed by atoms with Gasteiger partial charge in [-0.3, -0.25) is 9.69 Å². The van der Waals surface area contributed by atoms with Gasteiger partial charge in [0.05, 0.1) is 11.2 Å². The van der Waals surface area contributed by atoms with Crippen LogP contribution in [-0.2, 0) is 17.8 Å². The molecule has 2 heterocycles. The van der Waals surface area contributed by atoms with Crippen molar-refractivity contribution >= 4 is 17.2 Å². The van der Waals surface area contributed by atoms with Crippen LogP contribution in [0.5, 0.6) is 0 Å². The van der Waals surface area contributed by atoms with Crippen molar-refractivity contribution in [2.45, 2.75) is 39.7 Å². The lowest BCUT2D eigenvalue weighted by Gasteiger charge is -2.17. The van der Waals surface area contributed by atoms with E-state index in [0.717, 1.165) is 38.3 Å². The van der Waals surface area contributed by atoms with Crippen LogP contribution in [0.2, 0.25) is 0 Å². The molecule has 1 aromatic carbocycles. The predicted molar refractivity (Wildman–Crippen MR) is 103 cm³/mol. The van der Waals surface area contributed by atoms with Gasteiger partial charge in [0.25, 0.3) is 0 Å². The second-order valence-corrected chi connectivity index (χ2v) is 7.92. The molecule has 1 aliphatic rings. The number of aryl methyl sites for hydroxylation is 3. The highest BCUT2D eigenvalue weighted by molar-refractivity contribution is 7.09. The number of likely N-dealkylation sites (tertiary alicyclic amines) is 1. The third-order valence-corrected chi connectivity index (χ3v) is 6.03. The minimum Gasteiger partial charge on any atom is -0.356 e. The number of nitrogens with one attached hydrogen (secondary N) is 1. The molecule has 25 heavy (non-hydrogen) atoms. The van der Waals surface area contributed by atoms with Crippen molar-refractivity contribution in [1.29, 1.82) is 0 Å². The molecule has 1 amide bonds. The van der Waals surface area contributed by atoms with Gasteiger partial charge in [0, 0.05) is 30.9 Å². The number of thiazole rings is 1. The minimum atomic E-state index is 0.158. The third kappa shape index (κ3) is 5.13. The molecule has 1 saturated heterocycles. The summed E-state index contributed by atoms with van der Waals surface area (Å²) in [6.07, 6.45) is 2.52. The van der Waals surface area contributed by atoms with E-state index in [-0.39, 0.29) is 5.91 Å². The van der Waals surface area contributed by atoms with Crippen LogP contribution in [0.15, 0.2) is 29.8 Å². The van der Waals surface area contributed by atoms with Crippen LogP contribution in [0.3, 0.4) is 0 Å². The summed E-state index contributed by atoms with van der Waals surface area (Å²) in [5, 5.41) is 3.12. The summed E-state index contributed by atoms with van der Waals surface area (Å²) in [6.45, 7) is 8.18. The maximum absolute atomic E-state index is 12.1. The van der Waals surface area contributed by atoms with Crippen LogP contribution in [0.25, 0.3) is 0 Å². The maximum Gasteiger partial charge on any atom is 0.220 e. The highest BCUT2D eigenvalue weighted by Crippen LogP contribution is 2.20. The van der Waals surface area contributed by atoms with Crippen LogP contribution >= 0.6 is 11.3 Å². The van der Waals surface area contributed by atoms with Crippen LogP contribution in [-0.4, -0.2) is 35.4 Å². The smallest absolute Gasteiger partial charge is 0.220 e. The molecule has 1 aliphatic heterocycles. The summed E-state index contributed by atoms with van der Waals surface area (Å²) in [5.41, 5.74) is 5.68. The largest absolute Gasteiger partial charge is 0.356 e. The molecule has 0 aliphatic carbocycles. The van der Waals surface area contributed by atoms with Crippen molar-refractivity contribution in [3.63, 3.8) is 0 Å². The topological polar surface area (TPSA) is 45.2 Å². The number of rotatable bonds is 7. The Balaban J connectivity index is 1.37. The summed E-state index contributed by atoms with van der Waals surface area (Å²) >= 11 is 1.64.